The lowest BCUT2D eigenvalue weighted by Gasteiger charge is -1.99. The second-order valence-electron chi connectivity index (χ2n) is 3.38. The summed E-state index contributed by atoms with van der Waals surface area (Å²) in [6.07, 6.45) is 1.67. The van der Waals surface area contributed by atoms with E-state index in [0.717, 1.165) is 11.3 Å². The summed E-state index contributed by atoms with van der Waals surface area (Å²) in [5, 5.41) is 1.67. The third-order valence-corrected chi connectivity index (χ3v) is 3.21. The van der Waals surface area contributed by atoms with Crippen LogP contribution in [0.3, 0.4) is 0 Å². The lowest BCUT2D eigenvalue weighted by molar-refractivity contribution is 1.52. The Morgan fingerprint density at radius 2 is 1.71 bits per heavy atom. The van der Waals surface area contributed by atoms with Gasteiger partial charge in [-0.3, -0.25) is 4.99 Å². The van der Waals surface area contributed by atoms with E-state index in [9.17, 15) is 0 Å². The van der Waals surface area contributed by atoms with Crippen LogP contribution < -0.4 is 0 Å². The molecule has 0 spiro atoms. The number of benzene rings is 2. The van der Waals surface area contributed by atoms with Gasteiger partial charge in [0.25, 0.3) is 0 Å². The van der Waals surface area contributed by atoms with Crippen LogP contribution in [0.1, 0.15) is 5.56 Å². The predicted octanol–water partition coefficient (Wildman–Crippen LogP) is 5.40. The van der Waals surface area contributed by atoms with Gasteiger partial charge in [-0.2, -0.15) is 0 Å². The van der Waals surface area contributed by atoms with Gasteiger partial charge in [0.05, 0.1) is 15.7 Å². The second-order valence-corrected chi connectivity index (χ2v) is 4.60. The maximum absolute atomic E-state index is 6.04. The molecule has 0 aliphatic rings. The highest BCUT2D eigenvalue weighted by Gasteiger charge is 2.01. The highest BCUT2D eigenvalue weighted by Crippen LogP contribution is 2.25. The average molecular weight is 285 g/mol. The van der Waals surface area contributed by atoms with Crippen LogP contribution in [0.15, 0.2) is 47.5 Å². The van der Waals surface area contributed by atoms with Crippen molar-refractivity contribution in [3.63, 3.8) is 0 Å². The van der Waals surface area contributed by atoms with E-state index in [1.54, 1.807) is 24.4 Å². The second kappa shape index (κ2) is 5.54. The Morgan fingerprint density at radius 3 is 2.47 bits per heavy atom. The largest absolute Gasteiger partial charge is 0.256 e. The molecule has 2 aromatic carbocycles. The first-order valence-electron chi connectivity index (χ1n) is 4.90. The van der Waals surface area contributed by atoms with Crippen LogP contribution >= 0.6 is 34.8 Å². The Hall–Kier alpha value is -1.02. The molecule has 4 heteroatoms. The minimum atomic E-state index is 0.500. The van der Waals surface area contributed by atoms with Gasteiger partial charge < -0.3 is 0 Å². The fourth-order valence-electron chi connectivity index (χ4n) is 1.32. The number of rotatable bonds is 2. The van der Waals surface area contributed by atoms with E-state index in [0.29, 0.717) is 15.1 Å². The Labute approximate surface area is 115 Å². The molecule has 86 valence electrons. The predicted molar refractivity (Wildman–Crippen MR) is 75.2 cm³/mol. The Kier molecular flexibility index (Phi) is 4.06. The van der Waals surface area contributed by atoms with Gasteiger partial charge >= 0.3 is 0 Å². The molecule has 0 fully saturated rings. The molecule has 0 aliphatic carbocycles. The Balaban J connectivity index is 2.29. The first-order valence-corrected chi connectivity index (χ1v) is 6.04. The van der Waals surface area contributed by atoms with Crippen molar-refractivity contribution in [1.29, 1.82) is 0 Å². The minimum absolute atomic E-state index is 0.500. The molecule has 0 saturated carbocycles. The summed E-state index contributed by atoms with van der Waals surface area (Å²) in [5.41, 5.74) is 1.55. The average Bonchev–Trinajstić information content (AvgIpc) is 2.31. The van der Waals surface area contributed by atoms with E-state index < -0.39 is 0 Å². The standard InChI is InChI=1S/C13H8Cl3N/c14-10-4-2-5-11(7-10)17-8-9-3-1-6-12(15)13(9)16/h1-8H. The molecule has 0 saturated heterocycles. The molecule has 0 bridgehead atoms. The van der Waals surface area contributed by atoms with Gasteiger partial charge in [0.2, 0.25) is 0 Å². The molecular weight excluding hydrogens is 277 g/mol. The van der Waals surface area contributed by atoms with Crippen LogP contribution in [0.4, 0.5) is 5.69 Å². The van der Waals surface area contributed by atoms with E-state index in [1.807, 2.05) is 24.3 Å². The summed E-state index contributed by atoms with van der Waals surface area (Å²) in [5.74, 6) is 0. The summed E-state index contributed by atoms with van der Waals surface area (Å²) in [6, 6.07) is 12.7. The number of aliphatic imine (C=N–C) groups is 1. The van der Waals surface area contributed by atoms with Crippen molar-refractivity contribution in [2.75, 3.05) is 0 Å². The summed E-state index contributed by atoms with van der Waals surface area (Å²) in [6.45, 7) is 0. The zero-order chi connectivity index (χ0) is 12.3. The van der Waals surface area contributed by atoms with Crippen molar-refractivity contribution in [2.45, 2.75) is 0 Å². The van der Waals surface area contributed by atoms with E-state index in [2.05, 4.69) is 4.99 Å². The van der Waals surface area contributed by atoms with Gasteiger partial charge in [-0.15, -0.1) is 0 Å². The molecule has 2 rings (SSSR count). The Morgan fingerprint density at radius 1 is 0.941 bits per heavy atom. The molecule has 0 unspecified atom stereocenters. The molecule has 0 heterocycles. The van der Waals surface area contributed by atoms with Gasteiger partial charge in [-0.1, -0.05) is 53.0 Å². The zero-order valence-electron chi connectivity index (χ0n) is 8.70. The van der Waals surface area contributed by atoms with Crippen molar-refractivity contribution in [2.24, 2.45) is 4.99 Å². The Bertz CT molecular complexity index is 564. The maximum atomic E-state index is 6.04. The SMILES string of the molecule is Clc1cccc(N=Cc2cccc(Cl)c2Cl)c1. The molecule has 0 radical (unpaired) electrons. The van der Waals surface area contributed by atoms with E-state index in [4.69, 9.17) is 34.8 Å². The molecule has 17 heavy (non-hydrogen) atoms. The van der Waals surface area contributed by atoms with Crippen LogP contribution in [0, 0.1) is 0 Å². The fraction of sp³-hybridized carbons (Fsp3) is 0. The smallest absolute Gasteiger partial charge is 0.0680 e. The van der Waals surface area contributed by atoms with E-state index in [1.165, 1.54) is 0 Å². The molecule has 0 aliphatic heterocycles. The first-order chi connectivity index (χ1) is 8.16. The van der Waals surface area contributed by atoms with Gasteiger partial charge in [-0.25, -0.2) is 0 Å². The first kappa shape index (κ1) is 12.4. The molecule has 1 nitrogen and oxygen atoms in total. The molecule has 0 atom stereocenters. The van der Waals surface area contributed by atoms with Crippen molar-refractivity contribution in [3.05, 3.63) is 63.1 Å². The summed E-state index contributed by atoms with van der Waals surface area (Å²) >= 11 is 17.8. The number of hydrogen-bond acceptors (Lipinski definition) is 1. The molecule has 0 N–H and O–H groups in total. The summed E-state index contributed by atoms with van der Waals surface area (Å²) < 4.78 is 0. The van der Waals surface area contributed by atoms with Gasteiger partial charge in [0.15, 0.2) is 0 Å². The van der Waals surface area contributed by atoms with Crippen molar-refractivity contribution in [1.82, 2.24) is 0 Å². The molecule has 0 aromatic heterocycles. The maximum Gasteiger partial charge on any atom is 0.0680 e. The van der Waals surface area contributed by atoms with Crippen molar-refractivity contribution >= 4 is 46.7 Å². The van der Waals surface area contributed by atoms with Crippen molar-refractivity contribution in [3.8, 4) is 0 Å². The normalized spacial score (nSPS) is 11.0. The summed E-state index contributed by atoms with van der Waals surface area (Å²) in [4.78, 5) is 4.29. The molecule has 0 amide bonds. The van der Waals surface area contributed by atoms with Crippen LogP contribution in [0.2, 0.25) is 15.1 Å². The highest BCUT2D eigenvalue weighted by molar-refractivity contribution is 6.43. The summed E-state index contributed by atoms with van der Waals surface area (Å²) in [7, 11) is 0. The van der Waals surface area contributed by atoms with Crippen LogP contribution in [-0.2, 0) is 0 Å². The van der Waals surface area contributed by atoms with Crippen molar-refractivity contribution < 1.29 is 0 Å². The molecule has 2 aromatic rings. The highest BCUT2D eigenvalue weighted by atomic mass is 35.5. The lowest BCUT2D eigenvalue weighted by Crippen LogP contribution is -1.83. The van der Waals surface area contributed by atoms with E-state index >= 15 is 0 Å². The lowest BCUT2D eigenvalue weighted by atomic mass is 10.2. The molecular formula is C13H8Cl3N. The number of nitrogens with zero attached hydrogens (tertiary/aromatic N) is 1. The van der Waals surface area contributed by atoms with Gasteiger partial charge in [0.1, 0.15) is 0 Å². The van der Waals surface area contributed by atoms with Gasteiger partial charge in [0, 0.05) is 16.8 Å². The third kappa shape index (κ3) is 3.22. The van der Waals surface area contributed by atoms with Gasteiger partial charge in [-0.05, 0) is 24.3 Å². The van der Waals surface area contributed by atoms with Crippen LogP contribution in [-0.4, -0.2) is 6.21 Å². The topological polar surface area (TPSA) is 12.4 Å². The number of halogens is 3. The quantitative estimate of drug-likeness (QED) is 0.655. The minimum Gasteiger partial charge on any atom is -0.256 e. The van der Waals surface area contributed by atoms with E-state index in [-0.39, 0.29) is 0 Å². The number of hydrogen-bond donors (Lipinski definition) is 0. The van der Waals surface area contributed by atoms with Crippen LogP contribution in [0.25, 0.3) is 0 Å². The van der Waals surface area contributed by atoms with Crippen LogP contribution in [0.5, 0.6) is 0 Å². The fourth-order valence-corrected chi connectivity index (χ4v) is 1.86. The monoisotopic (exact) mass is 283 g/mol. The third-order valence-electron chi connectivity index (χ3n) is 2.14. The zero-order valence-corrected chi connectivity index (χ0v) is 11.0.